The number of hydrogen-bond donors (Lipinski definition) is 2. The summed E-state index contributed by atoms with van der Waals surface area (Å²) in [6.45, 7) is 3.98. The van der Waals surface area contributed by atoms with Crippen LogP contribution in [0.15, 0.2) is 28.8 Å². The molecule has 3 aromatic rings. The summed E-state index contributed by atoms with van der Waals surface area (Å²) < 4.78 is 66.7. The van der Waals surface area contributed by atoms with Crippen LogP contribution in [0.3, 0.4) is 0 Å². The number of carbonyl (C=O) groups is 1. The maximum absolute atomic E-state index is 15.1. The van der Waals surface area contributed by atoms with Crippen LogP contribution >= 0.6 is 0 Å². The summed E-state index contributed by atoms with van der Waals surface area (Å²) in [5.41, 5.74) is 5.62. The number of likely N-dealkylation sites (tertiary alicyclic amines) is 1. The minimum atomic E-state index is -4.51. The predicted molar refractivity (Wildman–Crippen MR) is 124 cm³/mol. The van der Waals surface area contributed by atoms with Gasteiger partial charge in [-0.15, -0.1) is 0 Å². The van der Waals surface area contributed by atoms with Crippen LogP contribution in [-0.4, -0.2) is 62.8 Å². The van der Waals surface area contributed by atoms with E-state index in [-0.39, 0.29) is 49.0 Å². The highest BCUT2D eigenvalue weighted by atomic mass is 19.4. The fraction of sp³-hybridized carbons (Fsp3) is 0.522. The molecular formula is C23H28F4N6O3. The lowest BCUT2D eigenvalue weighted by Crippen LogP contribution is -2.51. The molecule has 0 spiro atoms. The van der Waals surface area contributed by atoms with Crippen molar-refractivity contribution >= 4 is 22.7 Å². The van der Waals surface area contributed by atoms with Gasteiger partial charge in [0.05, 0.1) is 30.3 Å². The highest BCUT2D eigenvalue weighted by Gasteiger charge is 2.35. The summed E-state index contributed by atoms with van der Waals surface area (Å²) in [7, 11) is 0. The van der Waals surface area contributed by atoms with E-state index in [1.807, 2.05) is 0 Å². The number of piperidine rings is 1. The largest absolute Gasteiger partial charge is 0.444 e. The number of aromatic nitrogens is 3. The third-order valence-corrected chi connectivity index (χ3v) is 5.69. The Kier molecular flexibility index (Phi) is 6.86. The van der Waals surface area contributed by atoms with Crippen molar-refractivity contribution in [3.8, 4) is 11.5 Å². The molecule has 1 amide bonds. The molecule has 3 N–H and O–H groups in total. The number of nitrogens with zero attached hydrogens (tertiary/aromatic N) is 4. The minimum Gasteiger partial charge on any atom is -0.444 e. The number of hydrogen-bond acceptors (Lipinski definition) is 7. The Labute approximate surface area is 204 Å². The molecule has 0 bridgehead atoms. The van der Waals surface area contributed by atoms with Crippen LogP contribution in [0.4, 0.5) is 28.0 Å². The Morgan fingerprint density at radius 1 is 1.31 bits per heavy atom. The van der Waals surface area contributed by atoms with E-state index in [0.29, 0.717) is 11.1 Å². The SMILES string of the molecule is CC(C)(C)OC(=O)N1CC[C@@H](Nc2cccc3c2cc(-c2noc(CN)n2)n3CC(F)(F)F)[C@@H](F)C1. The molecule has 4 rings (SSSR count). The van der Waals surface area contributed by atoms with E-state index >= 15 is 4.39 Å². The molecule has 1 aliphatic rings. The van der Waals surface area contributed by atoms with E-state index in [2.05, 4.69) is 15.5 Å². The van der Waals surface area contributed by atoms with Crippen LogP contribution in [0, 0.1) is 0 Å². The molecule has 0 saturated carbocycles. The zero-order valence-corrected chi connectivity index (χ0v) is 20.1. The van der Waals surface area contributed by atoms with E-state index in [1.54, 1.807) is 32.9 Å². The highest BCUT2D eigenvalue weighted by Crippen LogP contribution is 2.35. The number of halogens is 4. The fourth-order valence-corrected chi connectivity index (χ4v) is 4.15. The lowest BCUT2D eigenvalue weighted by Gasteiger charge is -2.36. The average molecular weight is 513 g/mol. The van der Waals surface area contributed by atoms with Crippen LogP contribution in [0.1, 0.15) is 33.1 Å². The molecule has 36 heavy (non-hydrogen) atoms. The number of amides is 1. The molecule has 0 unspecified atom stereocenters. The van der Waals surface area contributed by atoms with Crippen molar-refractivity contribution in [1.82, 2.24) is 19.6 Å². The molecule has 1 saturated heterocycles. The first-order valence-corrected chi connectivity index (χ1v) is 11.4. The summed E-state index contributed by atoms with van der Waals surface area (Å²) in [5, 5.41) is 7.33. The number of nitrogens with two attached hydrogens (primary N) is 1. The smallest absolute Gasteiger partial charge is 0.410 e. The Balaban J connectivity index is 1.61. The van der Waals surface area contributed by atoms with Crippen molar-refractivity contribution in [3.63, 3.8) is 0 Å². The van der Waals surface area contributed by atoms with Gasteiger partial charge in [-0.2, -0.15) is 18.2 Å². The minimum absolute atomic E-state index is 0.0316. The number of fused-ring (bicyclic) bond motifs is 1. The molecule has 1 fully saturated rings. The Morgan fingerprint density at radius 2 is 2.06 bits per heavy atom. The Morgan fingerprint density at radius 3 is 2.67 bits per heavy atom. The van der Waals surface area contributed by atoms with E-state index in [4.69, 9.17) is 15.0 Å². The lowest BCUT2D eigenvalue weighted by atomic mass is 10.0. The molecule has 196 valence electrons. The molecule has 0 radical (unpaired) electrons. The fourth-order valence-electron chi connectivity index (χ4n) is 4.15. The predicted octanol–water partition coefficient (Wildman–Crippen LogP) is 4.47. The quantitative estimate of drug-likeness (QED) is 0.485. The second-order valence-corrected chi connectivity index (χ2v) is 9.67. The molecule has 3 heterocycles. The van der Waals surface area contributed by atoms with E-state index in [1.165, 1.54) is 17.0 Å². The normalized spacial score (nSPS) is 19.1. The zero-order valence-electron chi connectivity index (χ0n) is 20.1. The molecule has 2 atom stereocenters. The van der Waals surface area contributed by atoms with Gasteiger partial charge in [-0.1, -0.05) is 11.2 Å². The summed E-state index contributed by atoms with van der Waals surface area (Å²) in [6.07, 6.45) is -6.22. The van der Waals surface area contributed by atoms with Gasteiger partial charge >= 0.3 is 12.3 Å². The molecule has 1 aromatic carbocycles. The van der Waals surface area contributed by atoms with Gasteiger partial charge in [-0.3, -0.25) is 0 Å². The van der Waals surface area contributed by atoms with Gasteiger partial charge < -0.3 is 29.8 Å². The molecule has 0 aliphatic carbocycles. The topological polar surface area (TPSA) is 111 Å². The number of carbonyl (C=O) groups excluding carboxylic acids is 1. The van der Waals surface area contributed by atoms with Gasteiger partial charge in [0.1, 0.15) is 18.3 Å². The lowest BCUT2D eigenvalue weighted by molar-refractivity contribution is -0.139. The van der Waals surface area contributed by atoms with Crippen molar-refractivity contribution in [2.45, 2.75) is 64.3 Å². The Bertz CT molecular complexity index is 1230. The highest BCUT2D eigenvalue weighted by molar-refractivity contribution is 5.96. The summed E-state index contributed by atoms with van der Waals surface area (Å²) in [4.78, 5) is 17.7. The molecule has 13 heteroatoms. The van der Waals surface area contributed by atoms with Gasteiger partial charge in [0.2, 0.25) is 11.7 Å². The van der Waals surface area contributed by atoms with Crippen LogP contribution < -0.4 is 11.1 Å². The Hall–Kier alpha value is -3.35. The second-order valence-electron chi connectivity index (χ2n) is 9.67. The number of alkyl halides is 4. The average Bonchev–Trinajstić information content (AvgIpc) is 3.38. The van der Waals surface area contributed by atoms with Crippen LogP contribution in [-0.2, 0) is 17.8 Å². The van der Waals surface area contributed by atoms with Crippen LogP contribution in [0.2, 0.25) is 0 Å². The first kappa shape index (κ1) is 25.7. The van der Waals surface area contributed by atoms with Crippen molar-refractivity contribution in [3.05, 3.63) is 30.2 Å². The molecular weight excluding hydrogens is 484 g/mol. The molecule has 1 aliphatic heterocycles. The number of anilines is 1. The van der Waals surface area contributed by atoms with E-state index < -0.39 is 36.6 Å². The number of nitrogens with one attached hydrogen (secondary N) is 1. The third-order valence-electron chi connectivity index (χ3n) is 5.69. The maximum Gasteiger partial charge on any atom is 0.410 e. The standard InChI is InChI=1S/C23H28F4N6O3/c1-22(2,3)35-21(34)32-8-7-16(14(24)11-32)29-15-5-4-6-17-13(15)9-18(33(17)12-23(25,26)27)20-30-19(10-28)36-31-20/h4-6,9,14,16,29H,7-8,10-12,28H2,1-3H3/t14-,16+/m0/s1. The molecule has 9 nitrogen and oxygen atoms in total. The zero-order chi connectivity index (χ0) is 26.3. The first-order chi connectivity index (χ1) is 16.8. The van der Waals surface area contributed by atoms with Gasteiger partial charge in [0.25, 0.3) is 0 Å². The summed E-state index contributed by atoms with van der Waals surface area (Å²) >= 11 is 0. The van der Waals surface area contributed by atoms with Crippen molar-refractivity contribution in [2.24, 2.45) is 5.73 Å². The number of rotatable bonds is 5. The monoisotopic (exact) mass is 512 g/mol. The third kappa shape index (κ3) is 5.72. The molecule has 2 aromatic heterocycles. The second kappa shape index (κ2) is 9.60. The van der Waals surface area contributed by atoms with Gasteiger partial charge in [-0.05, 0) is 45.4 Å². The van der Waals surface area contributed by atoms with Gasteiger partial charge in [0, 0.05) is 17.6 Å². The van der Waals surface area contributed by atoms with Crippen molar-refractivity contribution < 1.29 is 31.6 Å². The van der Waals surface area contributed by atoms with Crippen molar-refractivity contribution in [2.75, 3.05) is 18.4 Å². The number of ether oxygens (including phenoxy) is 1. The number of benzene rings is 1. The van der Waals surface area contributed by atoms with Gasteiger partial charge in [0.15, 0.2) is 0 Å². The van der Waals surface area contributed by atoms with Gasteiger partial charge in [-0.25, -0.2) is 9.18 Å². The van der Waals surface area contributed by atoms with Crippen LogP contribution in [0.5, 0.6) is 0 Å². The summed E-state index contributed by atoms with van der Waals surface area (Å²) in [6, 6.07) is 5.65. The van der Waals surface area contributed by atoms with E-state index in [0.717, 1.165) is 4.57 Å². The van der Waals surface area contributed by atoms with Crippen molar-refractivity contribution in [1.29, 1.82) is 0 Å². The maximum atomic E-state index is 15.1. The van der Waals surface area contributed by atoms with Crippen LogP contribution in [0.25, 0.3) is 22.4 Å². The summed E-state index contributed by atoms with van der Waals surface area (Å²) in [5.74, 6) is 0.0556. The first-order valence-electron chi connectivity index (χ1n) is 11.4. The van der Waals surface area contributed by atoms with E-state index in [9.17, 15) is 18.0 Å².